The Balaban J connectivity index is 1.45. The topological polar surface area (TPSA) is 116 Å². The van der Waals surface area contributed by atoms with Gasteiger partial charge in [-0.25, -0.2) is 0 Å². The highest BCUT2D eigenvalue weighted by Gasteiger charge is 2.48. The highest BCUT2D eigenvalue weighted by atomic mass is 16.2. The molecule has 1 heterocycles. The minimum atomic E-state index is -0.357. The maximum Gasteiger partial charge on any atom is 0.279 e. The van der Waals surface area contributed by atoms with Crippen LogP contribution < -0.4 is 10.9 Å². The molecule has 0 radical (unpaired) electrons. The molecule has 24 heavy (non-hydrogen) atoms. The first-order chi connectivity index (χ1) is 11.7. The van der Waals surface area contributed by atoms with Crippen LogP contribution in [0.15, 0.2) is 16.1 Å². The third-order valence-corrected chi connectivity index (χ3v) is 6.10. The Morgan fingerprint density at radius 3 is 2.58 bits per heavy atom. The van der Waals surface area contributed by atoms with Crippen molar-refractivity contribution in [2.24, 2.45) is 28.8 Å². The smallest absolute Gasteiger partial charge is 0.279 e. The number of rotatable bonds is 5. The van der Waals surface area contributed by atoms with Crippen molar-refractivity contribution in [3.05, 3.63) is 32.6 Å². The highest BCUT2D eigenvalue weighted by Crippen LogP contribution is 2.53. The average Bonchev–Trinajstić information content (AvgIpc) is 2.91. The van der Waals surface area contributed by atoms with Crippen LogP contribution in [-0.2, 0) is 6.54 Å². The zero-order valence-corrected chi connectivity index (χ0v) is 13.5. The summed E-state index contributed by atoms with van der Waals surface area (Å²) in [6.07, 6.45) is 7.72. The van der Waals surface area contributed by atoms with Crippen LogP contribution in [0, 0.1) is 23.7 Å². The van der Waals surface area contributed by atoms with Gasteiger partial charge in [0.25, 0.3) is 11.5 Å². The van der Waals surface area contributed by atoms with Crippen molar-refractivity contribution in [3.8, 4) is 0 Å². The first kappa shape index (κ1) is 15.3. The minimum absolute atomic E-state index is 0.143. The van der Waals surface area contributed by atoms with E-state index < -0.39 is 0 Å². The molecular formula is C16H22N6O2. The Bertz CT molecular complexity index is 716. The molecular weight excluding hydrogens is 308 g/mol. The summed E-state index contributed by atoms with van der Waals surface area (Å²) in [5, 5.41) is 9.33. The summed E-state index contributed by atoms with van der Waals surface area (Å²) in [6, 6.07) is 0.219. The predicted molar refractivity (Wildman–Crippen MR) is 87.4 cm³/mol. The number of H-pyrrole nitrogens is 1. The lowest BCUT2D eigenvalue weighted by Gasteiger charge is -2.54. The predicted octanol–water partition coefficient (Wildman–Crippen LogP) is 2.04. The molecule has 8 nitrogen and oxygen atoms in total. The fraction of sp³-hybridized carbons (Fsp3) is 0.750. The third kappa shape index (κ3) is 2.60. The average molecular weight is 330 g/mol. The van der Waals surface area contributed by atoms with Crippen LogP contribution >= 0.6 is 0 Å². The second-order valence-corrected chi connectivity index (χ2v) is 7.53. The van der Waals surface area contributed by atoms with Gasteiger partial charge in [0.05, 0.1) is 0 Å². The molecule has 4 aliphatic rings. The second-order valence-electron chi connectivity index (χ2n) is 7.53. The van der Waals surface area contributed by atoms with E-state index in [1.807, 2.05) is 0 Å². The highest BCUT2D eigenvalue weighted by molar-refractivity contribution is 5.93. The Hall–Kier alpha value is -2.21. The van der Waals surface area contributed by atoms with Crippen LogP contribution in [0.1, 0.15) is 42.5 Å². The number of hydrogen-bond acceptors (Lipinski definition) is 3. The van der Waals surface area contributed by atoms with Crippen molar-refractivity contribution in [1.29, 1.82) is 0 Å². The molecule has 5 rings (SSSR count). The normalized spacial score (nSPS) is 33.2. The molecule has 4 saturated carbocycles. The number of carbonyl (C=O) groups is 1. The van der Waals surface area contributed by atoms with E-state index in [4.69, 9.17) is 5.53 Å². The summed E-state index contributed by atoms with van der Waals surface area (Å²) in [5.41, 5.74) is 8.07. The van der Waals surface area contributed by atoms with Crippen molar-refractivity contribution < 1.29 is 4.79 Å². The van der Waals surface area contributed by atoms with Gasteiger partial charge in [0.2, 0.25) is 0 Å². The Kier molecular flexibility index (Phi) is 3.84. The minimum Gasteiger partial charge on any atom is -0.349 e. The van der Waals surface area contributed by atoms with E-state index >= 15 is 0 Å². The molecule has 1 aromatic heterocycles. The number of nitrogens with zero attached hydrogens (tertiary/aromatic N) is 4. The summed E-state index contributed by atoms with van der Waals surface area (Å²) >= 11 is 0. The maximum absolute atomic E-state index is 12.6. The van der Waals surface area contributed by atoms with E-state index in [1.54, 1.807) is 0 Å². The molecule has 4 fully saturated rings. The lowest BCUT2D eigenvalue weighted by Crippen LogP contribution is -2.56. The van der Waals surface area contributed by atoms with Gasteiger partial charge in [0.15, 0.2) is 0 Å². The van der Waals surface area contributed by atoms with E-state index in [1.165, 1.54) is 43.0 Å². The van der Waals surface area contributed by atoms with Gasteiger partial charge < -0.3 is 10.4 Å². The molecule has 0 saturated heterocycles. The molecule has 0 aromatic carbocycles. The van der Waals surface area contributed by atoms with Gasteiger partial charge in [-0.3, -0.25) is 14.3 Å². The Labute approximate surface area is 139 Å². The molecule has 2 N–H and O–H groups in total. The molecule has 8 heteroatoms. The molecule has 0 aliphatic heterocycles. The van der Waals surface area contributed by atoms with Crippen LogP contribution in [0.5, 0.6) is 0 Å². The molecule has 1 aromatic rings. The summed E-state index contributed by atoms with van der Waals surface area (Å²) in [4.78, 5) is 27.5. The third-order valence-electron chi connectivity index (χ3n) is 6.10. The van der Waals surface area contributed by atoms with Gasteiger partial charge in [-0.15, -0.1) is 0 Å². The zero-order chi connectivity index (χ0) is 16.7. The lowest BCUT2D eigenvalue weighted by molar-refractivity contribution is -0.0119. The van der Waals surface area contributed by atoms with Crippen molar-refractivity contribution in [1.82, 2.24) is 15.1 Å². The van der Waals surface area contributed by atoms with Crippen molar-refractivity contribution in [2.45, 2.75) is 44.7 Å². The number of aromatic nitrogens is 2. The van der Waals surface area contributed by atoms with Crippen LogP contribution in [0.4, 0.5) is 0 Å². The van der Waals surface area contributed by atoms with Gasteiger partial charge in [-0.1, -0.05) is 5.11 Å². The van der Waals surface area contributed by atoms with Gasteiger partial charge in [-0.05, 0) is 61.3 Å². The van der Waals surface area contributed by atoms with E-state index in [0.717, 1.165) is 11.8 Å². The van der Waals surface area contributed by atoms with Crippen molar-refractivity contribution in [3.63, 3.8) is 0 Å². The quantitative estimate of drug-likeness (QED) is 0.488. The van der Waals surface area contributed by atoms with Crippen molar-refractivity contribution >= 4 is 5.91 Å². The molecule has 4 aliphatic carbocycles. The summed E-state index contributed by atoms with van der Waals surface area (Å²) < 4.78 is 1.31. The van der Waals surface area contributed by atoms with Gasteiger partial charge in [0, 0.05) is 30.2 Å². The van der Waals surface area contributed by atoms with Crippen LogP contribution in [0.25, 0.3) is 10.4 Å². The summed E-state index contributed by atoms with van der Waals surface area (Å²) in [5.74, 6) is 2.58. The zero-order valence-electron chi connectivity index (χ0n) is 13.5. The van der Waals surface area contributed by atoms with Crippen LogP contribution in [0.2, 0.25) is 0 Å². The van der Waals surface area contributed by atoms with E-state index in [-0.39, 0.29) is 36.2 Å². The van der Waals surface area contributed by atoms with E-state index in [0.29, 0.717) is 11.8 Å². The second kappa shape index (κ2) is 6.02. The largest absolute Gasteiger partial charge is 0.349 e. The van der Waals surface area contributed by atoms with Gasteiger partial charge in [-0.2, -0.15) is 0 Å². The monoisotopic (exact) mass is 330 g/mol. The summed E-state index contributed by atoms with van der Waals surface area (Å²) in [6.45, 7) is 0.418. The molecule has 0 atom stereocenters. The number of aromatic amines is 1. The van der Waals surface area contributed by atoms with E-state index in [9.17, 15) is 9.59 Å². The standard InChI is InChI=1S/C16H22N6O2/c17-21-18-1-2-22-16(24)13(8-19-22)15(23)20-14-11-4-9-3-10(6-11)7-12(14)5-9/h8-12,14,19H,1-7H2,(H,20,23). The Morgan fingerprint density at radius 2 is 1.96 bits per heavy atom. The molecule has 0 spiro atoms. The fourth-order valence-corrected chi connectivity index (χ4v) is 5.32. The van der Waals surface area contributed by atoms with Crippen LogP contribution in [0.3, 0.4) is 0 Å². The number of hydrogen-bond donors (Lipinski definition) is 2. The summed E-state index contributed by atoms with van der Waals surface area (Å²) in [7, 11) is 0. The SMILES string of the molecule is [N-]=[N+]=NCCn1[nH]cc(C(=O)NC2C3CC4CC(C3)CC2C4)c1=O. The lowest BCUT2D eigenvalue weighted by atomic mass is 9.54. The number of carbonyl (C=O) groups excluding carboxylic acids is 1. The number of azide groups is 1. The number of nitrogens with one attached hydrogen (secondary N) is 2. The first-order valence-electron chi connectivity index (χ1n) is 8.75. The van der Waals surface area contributed by atoms with Gasteiger partial charge >= 0.3 is 0 Å². The van der Waals surface area contributed by atoms with Gasteiger partial charge in [0.1, 0.15) is 5.56 Å². The maximum atomic E-state index is 12.6. The molecule has 0 unspecified atom stereocenters. The molecule has 1 amide bonds. The fourth-order valence-electron chi connectivity index (χ4n) is 5.32. The first-order valence-corrected chi connectivity index (χ1v) is 8.75. The van der Waals surface area contributed by atoms with E-state index in [2.05, 4.69) is 20.4 Å². The Morgan fingerprint density at radius 1 is 1.29 bits per heavy atom. The molecule has 4 bridgehead atoms. The number of amides is 1. The van der Waals surface area contributed by atoms with Crippen molar-refractivity contribution in [2.75, 3.05) is 6.54 Å². The van der Waals surface area contributed by atoms with Crippen LogP contribution in [-0.4, -0.2) is 28.3 Å². The molecule has 128 valence electrons.